The fourth-order valence-electron chi connectivity index (χ4n) is 5.09. The molecule has 0 unspecified atom stereocenters. The van der Waals surface area contributed by atoms with Gasteiger partial charge in [0.1, 0.15) is 11.6 Å². The van der Waals surface area contributed by atoms with Crippen molar-refractivity contribution in [3.8, 4) is 28.3 Å². The van der Waals surface area contributed by atoms with Gasteiger partial charge in [-0.2, -0.15) is 15.3 Å². The number of hydrogen-bond acceptors (Lipinski definition) is 7. The fraction of sp³-hybridized carbons (Fsp3) is 0.296. The second-order valence-electron chi connectivity index (χ2n) is 9.42. The molecule has 10 heteroatoms. The number of aryl methyl sites for hydroxylation is 2. The first-order valence-corrected chi connectivity index (χ1v) is 12.2. The van der Waals surface area contributed by atoms with E-state index in [2.05, 4.69) is 22.0 Å². The largest absolute Gasteiger partial charge is 0.377 e. The lowest BCUT2D eigenvalue weighted by molar-refractivity contribution is 0.0985. The Labute approximate surface area is 213 Å². The van der Waals surface area contributed by atoms with Gasteiger partial charge in [-0.3, -0.25) is 0 Å². The molecule has 0 N–H and O–H groups in total. The van der Waals surface area contributed by atoms with Crippen LogP contribution in [0.25, 0.3) is 39.2 Å². The standard InChI is InChI=1S/C27H27FN8O/c1-16-15-37-10-9-35(16)25-13-23(26-17(2)33-36(18(26)3)20-5-7-29-30-14-20)31-27(32-25)22-11-19(28)12-24-21(22)6-8-34(24)4/h5-8,11-14,16H,9-10,15H2,1-4H3/t16-/m1/s1. The van der Waals surface area contributed by atoms with Crippen molar-refractivity contribution in [2.24, 2.45) is 7.05 Å². The van der Waals surface area contributed by atoms with Crippen LogP contribution in [-0.2, 0) is 11.8 Å². The molecule has 6 rings (SSSR count). The second-order valence-corrected chi connectivity index (χ2v) is 9.42. The van der Waals surface area contributed by atoms with Gasteiger partial charge in [-0.15, -0.1) is 0 Å². The summed E-state index contributed by atoms with van der Waals surface area (Å²) in [6.07, 6.45) is 5.24. The number of morpholine rings is 1. The normalized spacial score (nSPS) is 16.0. The van der Waals surface area contributed by atoms with Gasteiger partial charge >= 0.3 is 0 Å². The molecule has 1 aliphatic rings. The summed E-state index contributed by atoms with van der Waals surface area (Å²) < 4.78 is 24.2. The molecule has 1 aromatic carbocycles. The third kappa shape index (κ3) is 4.03. The molecule has 0 saturated carbocycles. The summed E-state index contributed by atoms with van der Waals surface area (Å²) in [4.78, 5) is 12.2. The van der Waals surface area contributed by atoms with E-state index in [1.165, 1.54) is 12.1 Å². The van der Waals surface area contributed by atoms with Crippen molar-refractivity contribution in [2.45, 2.75) is 26.8 Å². The van der Waals surface area contributed by atoms with Crippen molar-refractivity contribution >= 4 is 16.7 Å². The smallest absolute Gasteiger partial charge is 0.162 e. The topological polar surface area (TPSA) is 86.8 Å². The minimum Gasteiger partial charge on any atom is -0.377 e. The minimum atomic E-state index is -0.329. The molecule has 188 valence electrons. The van der Waals surface area contributed by atoms with E-state index in [0.29, 0.717) is 31.1 Å². The Morgan fingerprint density at radius 1 is 1.08 bits per heavy atom. The highest BCUT2D eigenvalue weighted by Gasteiger charge is 2.25. The fourth-order valence-corrected chi connectivity index (χ4v) is 5.09. The van der Waals surface area contributed by atoms with Crippen LogP contribution >= 0.6 is 0 Å². The summed E-state index contributed by atoms with van der Waals surface area (Å²) in [7, 11) is 1.90. The zero-order valence-electron chi connectivity index (χ0n) is 21.2. The average Bonchev–Trinajstić information content (AvgIpc) is 3.42. The third-order valence-electron chi connectivity index (χ3n) is 6.94. The van der Waals surface area contributed by atoms with Crippen LogP contribution in [0.5, 0.6) is 0 Å². The lowest BCUT2D eigenvalue weighted by Crippen LogP contribution is -2.44. The maximum atomic E-state index is 14.8. The molecule has 0 bridgehead atoms. The molecule has 0 spiro atoms. The van der Waals surface area contributed by atoms with Crippen LogP contribution in [0, 0.1) is 19.7 Å². The second kappa shape index (κ2) is 9.04. The Kier molecular flexibility index (Phi) is 5.68. The summed E-state index contributed by atoms with van der Waals surface area (Å²) in [5, 5.41) is 13.5. The van der Waals surface area contributed by atoms with Crippen molar-refractivity contribution in [3.63, 3.8) is 0 Å². The van der Waals surface area contributed by atoms with Crippen LogP contribution < -0.4 is 4.90 Å². The molecule has 1 saturated heterocycles. The zero-order chi connectivity index (χ0) is 25.7. The highest BCUT2D eigenvalue weighted by molar-refractivity contribution is 5.94. The van der Waals surface area contributed by atoms with Crippen molar-refractivity contribution in [1.29, 1.82) is 0 Å². The Morgan fingerprint density at radius 3 is 2.73 bits per heavy atom. The molecule has 9 nitrogen and oxygen atoms in total. The maximum Gasteiger partial charge on any atom is 0.162 e. The number of nitrogens with zero attached hydrogens (tertiary/aromatic N) is 8. The van der Waals surface area contributed by atoms with Crippen molar-refractivity contribution in [3.05, 3.63) is 66.1 Å². The number of hydrogen-bond donors (Lipinski definition) is 0. The molecule has 37 heavy (non-hydrogen) atoms. The first kappa shape index (κ1) is 23.2. The van der Waals surface area contributed by atoms with Crippen LogP contribution in [0.1, 0.15) is 18.3 Å². The Bertz CT molecular complexity index is 1610. The predicted molar refractivity (Wildman–Crippen MR) is 139 cm³/mol. The molecule has 0 radical (unpaired) electrons. The number of anilines is 1. The van der Waals surface area contributed by atoms with Gasteiger partial charge in [0.05, 0.1) is 59.9 Å². The number of rotatable bonds is 4. The molecule has 1 fully saturated rings. The van der Waals surface area contributed by atoms with E-state index in [-0.39, 0.29) is 11.9 Å². The Balaban J connectivity index is 1.58. The van der Waals surface area contributed by atoms with Gasteiger partial charge < -0.3 is 14.2 Å². The van der Waals surface area contributed by atoms with Crippen LogP contribution in [0.3, 0.4) is 0 Å². The third-order valence-corrected chi connectivity index (χ3v) is 6.94. The SMILES string of the molecule is Cc1nn(-c2ccnnc2)c(C)c1-c1cc(N2CCOC[C@H]2C)nc(-c2cc(F)cc3c2ccn3C)n1. The summed E-state index contributed by atoms with van der Waals surface area (Å²) in [5.41, 5.74) is 5.63. The van der Waals surface area contributed by atoms with E-state index in [1.54, 1.807) is 12.4 Å². The number of halogens is 1. The average molecular weight is 499 g/mol. The Hall–Kier alpha value is -4.18. The van der Waals surface area contributed by atoms with E-state index in [0.717, 1.165) is 45.1 Å². The molecule has 5 heterocycles. The van der Waals surface area contributed by atoms with E-state index in [1.807, 2.05) is 54.5 Å². The predicted octanol–water partition coefficient (Wildman–Crippen LogP) is 4.26. The first-order valence-electron chi connectivity index (χ1n) is 12.2. The summed E-state index contributed by atoms with van der Waals surface area (Å²) in [5.74, 6) is 0.922. The summed E-state index contributed by atoms with van der Waals surface area (Å²) in [6, 6.07) is 9.03. The van der Waals surface area contributed by atoms with E-state index in [9.17, 15) is 4.39 Å². The van der Waals surface area contributed by atoms with Crippen molar-refractivity contribution < 1.29 is 9.13 Å². The van der Waals surface area contributed by atoms with Crippen LogP contribution in [-0.4, -0.2) is 60.3 Å². The van der Waals surface area contributed by atoms with Gasteiger partial charge in [-0.1, -0.05) is 0 Å². The lowest BCUT2D eigenvalue weighted by atomic mass is 10.1. The van der Waals surface area contributed by atoms with Gasteiger partial charge in [0.25, 0.3) is 0 Å². The van der Waals surface area contributed by atoms with E-state index in [4.69, 9.17) is 19.8 Å². The minimum absolute atomic E-state index is 0.140. The molecule has 0 aliphatic carbocycles. The van der Waals surface area contributed by atoms with Crippen molar-refractivity contribution in [1.82, 2.24) is 34.5 Å². The van der Waals surface area contributed by atoms with Crippen LogP contribution in [0.4, 0.5) is 10.2 Å². The number of aromatic nitrogens is 7. The van der Waals surface area contributed by atoms with Gasteiger partial charge in [0.2, 0.25) is 0 Å². The Morgan fingerprint density at radius 2 is 1.95 bits per heavy atom. The van der Waals surface area contributed by atoms with Gasteiger partial charge in [-0.05, 0) is 45.0 Å². The lowest BCUT2D eigenvalue weighted by Gasteiger charge is -2.34. The molecule has 4 aromatic heterocycles. The number of benzene rings is 1. The molecular formula is C27H27FN8O. The molecule has 1 aliphatic heterocycles. The summed E-state index contributed by atoms with van der Waals surface area (Å²) >= 11 is 0. The molecule has 5 aromatic rings. The summed E-state index contributed by atoms with van der Waals surface area (Å²) in [6.45, 7) is 8.02. The van der Waals surface area contributed by atoms with E-state index >= 15 is 0 Å². The molecular weight excluding hydrogens is 471 g/mol. The first-order chi connectivity index (χ1) is 17.9. The van der Waals surface area contributed by atoms with Crippen molar-refractivity contribution in [2.75, 3.05) is 24.7 Å². The monoisotopic (exact) mass is 498 g/mol. The maximum absolute atomic E-state index is 14.8. The number of fused-ring (bicyclic) bond motifs is 1. The van der Waals surface area contributed by atoms with Gasteiger partial charge in [-0.25, -0.2) is 19.0 Å². The highest BCUT2D eigenvalue weighted by atomic mass is 19.1. The van der Waals surface area contributed by atoms with Crippen LogP contribution in [0.2, 0.25) is 0 Å². The van der Waals surface area contributed by atoms with E-state index < -0.39 is 0 Å². The highest BCUT2D eigenvalue weighted by Crippen LogP contribution is 2.35. The van der Waals surface area contributed by atoms with Gasteiger partial charge in [0, 0.05) is 42.4 Å². The number of ether oxygens (including phenoxy) is 1. The molecule has 0 amide bonds. The zero-order valence-corrected chi connectivity index (χ0v) is 21.2. The quantitative estimate of drug-likeness (QED) is 0.366. The van der Waals surface area contributed by atoms with Gasteiger partial charge in [0.15, 0.2) is 5.82 Å². The molecule has 1 atom stereocenters. The van der Waals surface area contributed by atoms with Crippen LogP contribution in [0.15, 0.2) is 48.9 Å².